The first-order chi connectivity index (χ1) is 11.7. The number of nitrogens with zero attached hydrogens (tertiary/aromatic N) is 1. The third kappa shape index (κ3) is 3.29. The Bertz CT molecular complexity index is 620. The summed E-state index contributed by atoms with van der Waals surface area (Å²) in [6.45, 7) is 2.64. The Balaban J connectivity index is 2.02. The Labute approximate surface area is 142 Å². The molecule has 24 heavy (non-hydrogen) atoms. The van der Waals surface area contributed by atoms with Crippen LogP contribution >= 0.6 is 0 Å². The zero-order chi connectivity index (χ0) is 16.9. The van der Waals surface area contributed by atoms with Crippen molar-refractivity contribution in [3.05, 3.63) is 71.8 Å². The van der Waals surface area contributed by atoms with E-state index in [1.54, 1.807) is 11.8 Å². The molecule has 2 aromatic carbocycles. The van der Waals surface area contributed by atoms with Crippen molar-refractivity contribution in [2.24, 2.45) is 0 Å². The lowest BCUT2D eigenvalue weighted by atomic mass is 9.83. The summed E-state index contributed by atoms with van der Waals surface area (Å²) in [6.07, 6.45) is -0.352. The van der Waals surface area contributed by atoms with Crippen molar-refractivity contribution < 1.29 is 14.6 Å². The lowest BCUT2D eigenvalue weighted by molar-refractivity contribution is 0.0733. The molecule has 4 nitrogen and oxygen atoms in total. The van der Waals surface area contributed by atoms with E-state index in [2.05, 4.69) is 0 Å². The van der Waals surface area contributed by atoms with Crippen LogP contribution in [0.25, 0.3) is 0 Å². The number of aliphatic hydroxyl groups is 1. The van der Waals surface area contributed by atoms with Crippen molar-refractivity contribution in [3.8, 4) is 0 Å². The zero-order valence-corrected chi connectivity index (χ0v) is 13.8. The van der Waals surface area contributed by atoms with Gasteiger partial charge in [0.15, 0.2) is 0 Å². The fraction of sp³-hybridized carbons (Fsp3) is 0.350. The number of carbonyl (C=O) groups is 1. The number of rotatable bonds is 4. The van der Waals surface area contributed by atoms with E-state index in [-0.39, 0.29) is 18.1 Å². The molecule has 1 fully saturated rings. The third-order valence-electron chi connectivity index (χ3n) is 4.58. The van der Waals surface area contributed by atoms with E-state index in [9.17, 15) is 9.90 Å². The van der Waals surface area contributed by atoms with Gasteiger partial charge in [-0.25, -0.2) is 4.79 Å². The van der Waals surface area contributed by atoms with Gasteiger partial charge in [-0.3, -0.25) is 0 Å². The van der Waals surface area contributed by atoms with Gasteiger partial charge in [0.05, 0.1) is 18.8 Å². The van der Waals surface area contributed by atoms with Gasteiger partial charge in [-0.1, -0.05) is 60.7 Å². The van der Waals surface area contributed by atoms with Gasteiger partial charge in [-0.2, -0.15) is 0 Å². The minimum absolute atomic E-state index is 0.0886. The first-order valence-electron chi connectivity index (χ1n) is 8.43. The molecule has 3 rings (SSSR count). The van der Waals surface area contributed by atoms with Crippen molar-refractivity contribution in [2.75, 3.05) is 13.2 Å². The van der Waals surface area contributed by atoms with Crippen LogP contribution in [0.2, 0.25) is 0 Å². The van der Waals surface area contributed by atoms with Gasteiger partial charge in [0.2, 0.25) is 0 Å². The molecule has 1 heterocycles. The van der Waals surface area contributed by atoms with Gasteiger partial charge in [-0.15, -0.1) is 0 Å². The maximum atomic E-state index is 12.4. The topological polar surface area (TPSA) is 49.8 Å². The SMILES string of the molecule is CCOC(=O)N1CC[C@H](O)[C@@H]1C(c1ccccc1)c1ccccc1. The Morgan fingerprint density at radius 2 is 1.67 bits per heavy atom. The summed E-state index contributed by atoms with van der Waals surface area (Å²) in [4.78, 5) is 14.0. The molecule has 2 atom stereocenters. The fourth-order valence-corrected chi connectivity index (χ4v) is 3.53. The van der Waals surface area contributed by atoms with Crippen LogP contribution in [0.5, 0.6) is 0 Å². The number of benzene rings is 2. The van der Waals surface area contributed by atoms with Crippen LogP contribution in [-0.4, -0.2) is 41.4 Å². The predicted molar refractivity (Wildman–Crippen MR) is 92.9 cm³/mol. The van der Waals surface area contributed by atoms with Crippen molar-refractivity contribution in [3.63, 3.8) is 0 Å². The maximum Gasteiger partial charge on any atom is 0.410 e. The molecule has 0 spiro atoms. The molecular formula is C20H23NO3. The third-order valence-corrected chi connectivity index (χ3v) is 4.58. The van der Waals surface area contributed by atoms with E-state index in [0.29, 0.717) is 19.6 Å². The van der Waals surface area contributed by atoms with E-state index < -0.39 is 6.10 Å². The predicted octanol–water partition coefficient (Wildman–Crippen LogP) is 3.41. The first-order valence-corrected chi connectivity index (χ1v) is 8.43. The number of hydrogen-bond donors (Lipinski definition) is 1. The molecule has 1 N–H and O–H groups in total. The minimum Gasteiger partial charge on any atom is -0.450 e. The fourth-order valence-electron chi connectivity index (χ4n) is 3.53. The quantitative estimate of drug-likeness (QED) is 0.937. The van der Waals surface area contributed by atoms with E-state index in [4.69, 9.17) is 4.74 Å². The van der Waals surface area contributed by atoms with Crippen LogP contribution in [0.3, 0.4) is 0 Å². The Hall–Kier alpha value is -2.33. The van der Waals surface area contributed by atoms with Crippen molar-refractivity contribution >= 4 is 6.09 Å². The highest BCUT2D eigenvalue weighted by molar-refractivity contribution is 5.69. The second-order valence-corrected chi connectivity index (χ2v) is 6.04. The molecule has 1 saturated heterocycles. The van der Waals surface area contributed by atoms with Gasteiger partial charge < -0.3 is 14.7 Å². The largest absolute Gasteiger partial charge is 0.450 e. The lowest BCUT2D eigenvalue weighted by Crippen LogP contribution is -2.44. The molecule has 0 aliphatic carbocycles. The molecular weight excluding hydrogens is 302 g/mol. The zero-order valence-electron chi connectivity index (χ0n) is 13.8. The smallest absolute Gasteiger partial charge is 0.410 e. The van der Waals surface area contributed by atoms with Crippen LogP contribution < -0.4 is 0 Å². The van der Waals surface area contributed by atoms with Gasteiger partial charge in [0.25, 0.3) is 0 Å². The summed E-state index contributed by atoms with van der Waals surface area (Å²) in [5.41, 5.74) is 2.17. The minimum atomic E-state index is -0.570. The van der Waals surface area contributed by atoms with Crippen LogP contribution in [0.4, 0.5) is 4.79 Å². The van der Waals surface area contributed by atoms with Crippen molar-refractivity contribution in [1.29, 1.82) is 0 Å². The maximum absolute atomic E-state index is 12.4. The molecule has 0 unspecified atom stereocenters. The monoisotopic (exact) mass is 325 g/mol. The van der Waals surface area contributed by atoms with Crippen LogP contribution in [0, 0.1) is 0 Å². The highest BCUT2D eigenvalue weighted by Gasteiger charge is 2.42. The van der Waals surface area contributed by atoms with Crippen LogP contribution in [0.15, 0.2) is 60.7 Å². The molecule has 1 amide bonds. The van der Waals surface area contributed by atoms with Crippen LogP contribution in [0.1, 0.15) is 30.4 Å². The van der Waals surface area contributed by atoms with Crippen molar-refractivity contribution in [1.82, 2.24) is 4.90 Å². The lowest BCUT2D eigenvalue weighted by Gasteiger charge is -2.33. The highest BCUT2D eigenvalue weighted by atomic mass is 16.6. The second kappa shape index (κ2) is 7.49. The summed E-state index contributed by atoms with van der Waals surface area (Å²) in [6, 6.07) is 19.8. The summed E-state index contributed by atoms with van der Waals surface area (Å²) in [7, 11) is 0. The van der Waals surface area contributed by atoms with E-state index >= 15 is 0 Å². The Kier molecular flexibility index (Phi) is 5.16. The second-order valence-electron chi connectivity index (χ2n) is 6.04. The molecule has 0 radical (unpaired) electrons. The Morgan fingerprint density at radius 1 is 1.12 bits per heavy atom. The molecule has 1 aliphatic rings. The van der Waals surface area contributed by atoms with E-state index in [0.717, 1.165) is 11.1 Å². The number of aliphatic hydroxyl groups excluding tert-OH is 1. The molecule has 0 saturated carbocycles. The van der Waals surface area contributed by atoms with Gasteiger partial charge >= 0.3 is 6.09 Å². The Morgan fingerprint density at radius 3 is 2.17 bits per heavy atom. The standard InChI is InChI=1S/C20H23NO3/c1-2-24-20(23)21-14-13-17(22)19(21)18(15-9-5-3-6-10-15)16-11-7-4-8-12-16/h3-12,17-19,22H,2,13-14H2,1H3/t17-,19+/m0/s1. The summed E-state index contributed by atoms with van der Waals surface area (Å²) in [5, 5.41) is 10.6. The van der Waals surface area contributed by atoms with E-state index in [1.165, 1.54) is 0 Å². The van der Waals surface area contributed by atoms with Gasteiger partial charge in [0.1, 0.15) is 0 Å². The first kappa shape index (κ1) is 16.5. The number of amides is 1. The van der Waals surface area contributed by atoms with Gasteiger partial charge in [-0.05, 0) is 24.5 Å². The summed E-state index contributed by atoms with van der Waals surface area (Å²) < 4.78 is 5.20. The summed E-state index contributed by atoms with van der Waals surface area (Å²) >= 11 is 0. The van der Waals surface area contributed by atoms with Crippen molar-refractivity contribution in [2.45, 2.75) is 31.4 Å². The van der Waals surface area contributed by atoms with Crippen LogP contribution in [-0.2, 0) is 4.74 Å². The molecule has 4 heteroatoms. The molecule has 1 aliphatic heterocycles. The number of hydrogen-bond acceptors (Lipinski definition) is 3. The molecule has 126 valence electrons. The highest BCUT2D eigenvalue weighted by Crippen LogP contribution is 2.36. The molecule has 2 aromatic rings. The summed E-state index contributed by atoms with van der Waals surface area (Å²) in [5.74, 6) is -0.0886. The number of ether oxygens (including phenoxy) is 1. The van der Waals surface area contributed by atoms with Gasteiger partial charge in [0, 0.05) is 12.5 Å². The number of carbonyl (C=O) groups excluding carboxylic acids is 1. The van der Waals surface area contributed by atoms with E-state index in [1.807, 2.05) is 60.7 Å². The average molecular weight is 325 g/mol. The number of likely N-dealkylation sites (tertiary alicyclic amines) is 1. The average Bonchev–Trinajstić information content (AvgIpc) is 2.99. The molecule has 0 aromatic heterocycles. The normalized spacial score (nSPS) is 20.4. The molecule has 0 bridgehead atoms.